The molecule has 0 unspecified atom stereocenters. The fourth-order valence-electron chi connectivity index (χ4n) is 2.55. The summed E-state index contributed by atoms with van der Waals surface area (Å²) in [6.45, 7) is 0. The van der Waals surface area contributed by atoms with Gasteiger partial charge in [-0.05, 0) is 58.7 Å². The number of hydrogen-bond acceptors (Lipinski definition) is 5. The Labute approximate surface area is 141 Å². The van der Waals surface area contributed by atoms with Gasteiger partial charge in [0.1, 0.15) is 0 Å². The Hall–Kier alpha value is -1.47. The monoisotopic (exact) mass is 377 g/mol. The number of nitrogens with one attached hydrogen (secondary N) is 1. The normalized spacial score (nSPS) is 16.3. The average molecular weight is 378 g/mol. The van der Waals surface area contributed by atoms with Crippen LogP contribution in [0.1, 0.15) is 25.7 Å². The lowest BCUT2D eigenvalue weighted by atomic mass is 10.1. The molecule has 0 spiro atoms. The Bertz CT molecular complexity index is 740. The van der Waals surface area contributed by atoms with Gasteiger partial charge in [0, 0.05) is 16.6 Å². The Balaban J connectivity index is 1.76. The first-order valence-corrected chi connectivity index (χ1v) is 8.75. The SMILES string of the molecule is N=C(SC(N)=Nc1ccc2ncc(Br)cc2n1)C1CCCC1. The van der Waals surface area contributed by atoms with Crippen LogP contribution in [-0.4, -0.2) is 20.2 Å². The van der Waals surface area contributed by atoms with Crippen LogP contribution in [0.25, 0.3) is 11.0 Å². The lowest BCUT2D eigenvalue weighted by molar-refractivity contribution is 0.736. The van der Waals surface area contributed by atoms with Crippen molar-refractivity contribution in [2.45, 2.75) is 25.7 Å². The van der Waals surface area contributed by atoms with E-state index in [2.05, 4.69) is 30.9 Å². The van der Waals surface area contributed by atoms with Gasteiger partial charge in [-0.15, -0.1) is 0 Å². The van der Waals surface area contributed by atoms with Crippen LogP contribution in [0.4, 0.5) is 5.82 Å². The molecule has 22 heavy (non-hydrogen) atoms. The second-order valence-electron chi connectivity index (χ2n) is 5.26. The van der Waals surface area contributed by atoms with Crippen LogP contribution in [0.15, 0.2) is 33.9 Å². The number of rotatable bonds is 2. The maximum atomic E-state index is 8.11. The standard InChI is InChI=1S/C15H16BrN5S/c16-10-7-12-11(19-8-10)5-6-13(20-12)21-15(18)22-14(17)9-3-1-2-4-9/h5-9,17H,1-4H2,(H2,18,20,21). The number of fused-ring (bicyclic) bond motifs is 1. The van der Waals surface area contributed by atoms with Crippen molar-refractivity contribution in [1.29, 1.82) is 5.41 Å². The van der Waals surface area contributed by atoms with Crippen LogP contribution in [0, 0.1) is 11.3 Å². The number of aliphatic imine (C=N–C) groups is 1. The molecule has 2 heterocycles. The van der Waals surface area contributed by atoms with Crippen LogP contribution in [0.3, 0.4) is 0 Å². The molecule has 0 aliphatic heterocycles. The molecule has 2 aromatic heterocycles. The predicted octanol–water partition coefficient (Wildman–Crippen LogP) is 4.24. The van der Waals surface area contributed by atoms with E-state index < -0.39 is 0 Å². The van der Waals surface area contributed by atoms with Crippen molar-refractivity contribution in [2.24, 2.45) is 16.6 Å². The zero-order valence-electron chi connectivity index (χ0n) is 11.9. The highest BCUT2D eigenvalue weighted by atomic mass is 79.9. The van der Waals surface area contributed by atoms with Crippen LogP contribution >= 0.6 is 27.7 Å². The molecular weight excluding hydrogens is 362 g/mol. The van der Waals surface area contributed by atoms with Gasteiger partial charge in [-0.1, -0.05) is 12.8 Å². The maximum Gasteiger partial charge on any atom is 0.166 e. The summed E-state index contributed by atoms with van der Waals surface area (Å²) < 4.78 is 0.874. The maximum absolute atomic E-state index is 8.11. The van der Waals surface area contributed by atoms with Crippen molar-refractivity contribution in [3.63, 3.8) is 0 Å². The second-order valence-corrected chi connectivity index (χ2v) is 7.24. The number of nitrogens with zero attached hydrogens (tertiary/aromatic N) is 3. The summed E-state index contributed by atoms with van der Waals surface area (Å²) in [6, 6.07) is 5.55. The molecule has 114 valence electrons. The molecule has 3 rings (SSSR count). The number of thioether (sulfide) groups is 1. The van der Waals surface area contributed by atoms with E-state index in [9.17, 15) is 0 Å². The molecule has 5 nitrogen and oxygen atoms in total. The Kier molecular flexibility index (Phi) is 4.73. The summed E-state index contributed by atoms with van der Waals surface area (Å²) in [7, 11) is 0. The number of pyridine rings is 2. The molecule has 3 N–H and O–H groups in total. The molecule has 7 heteroatoms. The second kappa shape index (κ2) is 6.75. The zero-order valence-corrected chi connectivity index (χ0v) is 14.3. The van der Waals surface area contributed by atoms with Crippen molar-refractivity contribution in [2.75, 3.05) is 0 Å². The largest absolute Gasteiger partial charge is 0.378 e. The molecule has 0 radical (unpaired) electrons. The smallest absolute Gasteiger partial charge is 0.166 e. The van der Waals surface area contributed by atoms with E-state index in [0.717, 1.165) is 28.3 Å². The molecule has 0 saturated heterocycles. The third-order valence-corrected chi connectivity index (χ3v) is 4.94. The third kappa shape index (κ3) is 3.64. The van der Waals surface area contributed by atoms with Gasteiger partial charge in [-0.2, -0.15) is 0 Å². The van der Waals surface area contributed by atoms with E-state index in [0.29, 0.717) is 21.9 Å². The molecule has 0 aromatic carbocycles. The minimum Gasteiger partial charge on any atom is -0.378 e. The van der Waals surface area contributed by atoms with E-state index in [1.54, 1.807) is 12.3 Å². The molecule has 2 aromatic rings. The number of nitrogens with two attached hydrogens (primary N) is 1. The first-order valence-electron chi connectivity index (χ1n) is 7.14. The molecule has 0 atom stereocenters. The van der Waals surface area contributed by atoms with Gasteiger partial charge in [-0.25, -0.2) is 9.98 Å². The quantitative estimate of drug-likeness (QED) is 0.604. The number of aromatic nitrogens is 2. The molecule has 1 aliphatic carbocycles. The van der Waals surface area contributed by atoms with Crippen molar-refractivity contribution >= 4 is 54.8 Å². The number of halogens is 1. The predicted molar refractivity (Wildman–Crippen MR) is 95.8 cm³/mol. The minimum atomic E-state index is 0.350. The molecule has 0 amide bonds. The Morgan fingerprint density at radius 3 is 2.86 bits per heavy atom. The first-order chi connectivity index (χ1) is 10.6. The summed E-state index contributed by atoms with van der Waals surface area (Å²) in [5.41, 5.74) is 7.53. The van der Waals surface area contributed by atoms with Crippen molar-refractivity contribution < 1.29 is 0 Å². The highest BCUT2D eigenvalue weighted by Crippen LogP contribution is 2.30. The topological polar surface area (TPSA) is 88.0 Å². The minimum absolute atomic E-state index is 0.350. The van der Waals surface area contributed by atoms with Crippen molar-refractivity contribution in [1.82, 2.24) is 9.97 Å². The Morgan fingerprint density at radius 2 is 2.09 bits per heavy atom. The fraction of sp³-hybridized carbons (Fsp3) is 0.333. The zero-order chi connectivity index (χ0) is 15.5. The van der Waals surface area contributed by atoms with E-state index in [4.69, 9.17) is 11.1 Å². The van der Waals surface area contributed by atoms with Gasteiger partial charge >= 0.3 is 0 Å². The summed E-state index contributed by atoms with van der Waals surface area (Å²) >= 11 is 4.63. The summed E-state index contributed by atoms with van der Waals surface area (Å²) in [6.07, 6.45) is 6.33. The molecule has 1 saturated carbocycles. The molecule has 1 fully saturated rings. The van der Waals surface area contributed by atoms with E-state index >= 15 is 0 Å². The van der Waals surface area contributed by atoms with Gasteiger partial charge in [0.25, 0.3) is 0 Å². The Morgan fingerprint density at radius 1 is 1.32 bits per heavy atom. The van der Waals surface area contributed by atoms with Crippen LogP contribution in [0.5, 0.6) is 0 Å². The van der Waals surface area contributed by atoms with Gasteiger partial charge in [0.05, 0.1) is 16.1 Å². The average Bonchev–Trinajstić information content (AvgIpc) is 3.01. The van der Waals surface area contributed by atoms with Gasteiger partial charge < -0.3 is 5.73 Å². The number of amidine groups is 1. The first kappa shape index (κ1) is 15.4. The highest BCUT2D eigenvalue weighted by Gasteiger charge is 2.20. The highest BCUT2D eigenvalue weighted by molar-refractivity contribution is 9.10. The summed E-state index contributed by atoms with van der Waals surface area (Å²) in [4.78, 5) is 13.0. The lowest BCUT2D eigenvalue weighted by Crippen LogP contribution is -2.14. The van der Waals surface area contributed by atoms with Crippen molar-refractivity contribution in [3.8, 4) is 0 Å². The van der Waals surface area contributed by atoms with Gasteiger partial charge in [-0.3, -0.25) is 10.4 Å². The van der Waals surface area contributed by atoms with Crippen molar-refractivity contribution in [3.05, 3.63) is 28.9 Å². The third-order valence-electron chi connectivity index (χ3n) is 3.65. The van der Waals surface area contributed by atoms with Crippen LogP contribution < -0.4 is 5.73 Å². The fourth-order valence-corrected chi connectivity index (χ4v) is 3.64. The van der Waals surface area contributed by atoms with E-state index in [1.807, 2.05) is 12.1 Å². The van der Waals surface area contributed by atoms with Gasteiger partial charge in [0.15, 0.2) is 11.0 Å². The van der Waals surface area contributed by atoms with Gasteiger partial charge in [0.2, 0.25) is 0 Å². The van der Waals surface area contributed by atoms with E-state index in [1.165, 1.54) is 24.6 Å². The number of hydrogen-bond donors (Lipinski definition) is 2. The summed E-state index contributed by atoms with van der Waals surface area (Å²) in [5, 5.41) is 9.09. The van der Waals surface area contributed by atoms with Crippen LogP contribution in [-0.2, 0) is 0 Å². The van der Waals surface area contributed by atoms with Crippen LogP contribution in [0.2, 0.25) is 0 Å². The molecule has 1 aliphatic rings. The molecular formula is C15H16BrN5S. The lowest BCUT2D eigenvalue weighted by Gasteiger charge is -2.09. The van der Waals surface area contributed by atoms with E-state index in [-0.39, 0.29) is 0 Å². The molecule has 0 bridgehead atoms. The summed E-state index contributed by atoms with van der Waals surface area (Å²) in [5.74, 6) is 0.889.